The van der Waals surface area contributed by atoms with E-state index in [1.807, 2.05) is 42.7 Å². The van der Waals surface area contributed by atoms with Crippen LogP contribution >= 0.6 is 0 Å². The van der Waals surface area contributed by atoms with Gasteiger partial charge in [-0.3, -0.25) is 4.40 Å². The Bertz CT molecular complexity index is 1620. The van der Waals surface area contributed by atoms with Gasteiger partial charge in [0.15, 0.2) is 0 Å². The molecule has 0 aliphatic heterocycles. The number of pyridine rings is 2. The van der Waals surface area contributed by atoms with E-state index in [0.29, 0.717) is 5.88 Å². The van der Waals surface area contributed by atoms with Crippen LogP contribution in [0.4, 0.5) is 0 Å². The predicted octanol–water partition coefficient (Wildman–Crippen LogP) is 7.15. The maximum absolute atomic E-state index is 5.99. The van der Waals surface area contributed by atoms with Gasteiger partial charge in [0.25, 0.3) is 0 Å². The van der Waals surface area contributed by atoms with Crippen molar-refractivity contribution in [3.8, 4) is 11.6 Å². The Hall–Kier alpha value is -4.18. The van der Waals surface area contributed by atoms with Crippen LogP contribution in [0.2, 0.25) is 0 Å². The van der Waals surface area contributed by atoms with Gasteiger partial charge in [-0.2, -0.15) is 0 Å². The molecule has 0 aliphatic rings. The molecular formula is C29H23N3O. The van der Waals surface area contributed by atoms with E-state index in [2.05, 4.69) is 82.8 Å². The normalized spacial score (nSPS) is 11.9. The summed E-state index contributed by atoms with van der Waals surface area (Å²) < 4.78 is 8.17. The lowest BCUT2D eigenvalue weighted by atomic mass is 9.77. The fourth-order valence-corrected chi connectivity index (χ4v) is 4.60. The quantitative estimate of drug-likeness (QED) is 0.279. The fourth-order valence-electron chi connectivity index (χ4n) is 4.60. The Balaban J connectivity index is 1.48. The SMILES string of the molecule is CC(C)(c1cccc(Oc2ccccn2)c1)c1ccc2c3ccccc3n3ccnc3c2c1. The van der Waals surface area contributed by atoms with Crippen molar-refractivity contribution in [2.24, 2.45) is 0 Å². The minimum absolute atomic E-state index is 0.229. The molecular weight excluding hydrogens is 406 g/mol. The van der Waals surface area contributed by atoms with E-state index in [0.717, 1.165) is 16.8 Å². The van der Waals surface area contributed by atoms with E-state index in [4.69, 9.17) is 4.74 Å². The van der Waals surface area contributed by atoms with Crippen molar-refractivity contribution in [3.63, 3.8) is 0 Å². The van der Waals surface area contributed by atoms with E-state index in [9.17, 15) is 0 Å². The monoisotopic (exact) mass is 429 g/mol. The third-order valence-electron chi connectivity index (χ3n) is 6.49. The Morgan fingerprint density at radius 1 is 0.697 bits per heavy atom. The van der Waals surface area contributed by atoms with Crippen LogP contribution in [-0.2, 0) is 5.41 Å². The summed E-state index contributed by atoms with van der Waals surface area (Å²) in [5, 5.41) is 3.61. The molecule has 4 nitrogen and oxygen atoms in total. The maximum atomic E-state index is 5.99. The highest BCUT2D eigenvalue weighted by atomic mass is 16.5. The summed E-state index contributed by atoms with van der Waals surface area (Å²) in [7, 11) is 0. The number of para-hydroxylation sites is 1. The van der Waals surface area contributed by atoms with Gasteiger partial charge in [-0.25, -0.2) is 9.97 Å². The molecule has 4 heteroatoms. The molecule has 0 aliphatic carbocycles. The number of imidazole rings is 1. The molecule has 0 spiro atoms. The van der Waals surface area contributed by atoms with Gasteiger partial charge in [-0.1, -0.05) is 62.4 Å². The fraction of sp³-hybridized carbons (Fsp3) is 0.103. The van der Waals surface area contributed by atoms with E-state index in [1.54, 1.807) is 6.20 Å². The van der Waals surface area contributed by atoms with E-state index in [-0.39, 0.29) is 5.41 Å². The third-order valence-corrected chi connectivity index (χ3v) is 6.49. The molecule has 6 rings (SSSR count). The molecule has 0 saturated heterocycles. The van der Waals surface area contributed by atoms with Gasteiger partial charge < -0.3 is 4.74 Å². The van der Waals surface area contributed by atoms with Crippen LogP contribution in [0.25, 0.3) is 27.3 Å². The second-order valence-corrected chi connectivity index (χ2v) is 8.82. The van der Waals surface area contributed by atoms with Gasteiger partial charge in [0.1, 0.15) is 11.4 Å². The number of hydrogen-bond acceptors (Lipinski definition) is 3. The van der Waals surface area contributed by atoms with Crippen molar-refractivity contribution in [2.75, 3.05) is 0 Å². The van der Waals surface area contributed by atoms with E-state index < -0.39 is 0 Å². The molecule has 0 N–H and O–H groups in total. The smallest absolute Gasteiger partial charge is 0.219 e. The molecule has 0 fully saturated rings. The predicted molar refractivity (Wildman–Crippen MR) is 133 cm³/mol. The van der Waals surface area contributed by atoms with Crippen molar-refractivity contribution in [1.82, 2.24) is 14.4 Å². The highest BCUT2D eigenvalue weighted by molar-refractivity contribution is 6.11. The van der Waals surface area contributed by atoms with Gasteiger partial charge in [0.2, 0.25) is 5.88 Å². The number of fused-ring (bicyclic) bond motifs is 6. The van der Waals surface area contributed by atoms with Crippen LogP contribution < -0.4 is 4.74 Å². The number of ether oxygens (including phenoxy) is 1. The zero-order valence-corrected chi connectivity index (χ0v) is 18.6. The Morgan fingerprint density at radius 2 is 1.55 bits per heavy atom. The third kappa shape index (κ3) is 3.23. The lowest BCUT2D eigenvalue weighted by Gasteiger charge is -2.27. The van der Waals surface area contributed by atoms with Crippen molar-refractivity contribution in [3.05, 3.63) is 115 Å². The first-order valence-electron chi connectivity index (χ1n) is 11.1. The zero-order chi connectivity index (χ0) is 22.4. The molecule has 0 atom stereocenters. The lowest BCUT2D eigenvalue weighted by molar-refractivity contribution is 0.460. The first-order chi connectivity index (χ1) is 16.1. The first kappa shape index (κ1) is 19.5. The minimum atomic E-state index is -0.229. The molecule has 0 bridgehead atoms. The van der Waals surface area contributed by atoms with Gasteiger partial charge in [0, 0.05) is 40.8 Å². The molecule has 0 radical (unpaired) electrons. The summed E-state index contributed by atoms with van der Waals surface area (Å²) in [4.78, 5) is 8.97. The maximum Gasteiger partial charge on any atom is 0.219 e. The molecule has 33 heavy (non-hydrogen) atoms. The minimum Gasteiger partial charge on any atom is -0.439 e. The molecule has 160 valence electrons. The van der Waals surface area contributed by atoms with Gasteiger partial charge in [-0.05, 0) is 46.8 Å². The zero-order valence-electron chi connectivity index (χ0n) is 18.6. The van der Waals surface area contributed by atoms with Crippen LogP contribution in [0.3, 0.4) is 0 Å². The highest BCUT2D eigenvalue weighted by Gasteiger charge is 2.25. The molecule has 3 aromatic heterocycles. The van der Waals surface area contributed by atoms with Gasteiger partial charge in [0.05, 0.1) is 5.52 Å². The molecule has 0 unspecified atom stereocenters. The van der Waals surface area contributed by atoms with Crippen molar-refractivity contribution in [2.45, 2.75) is 19.3 Å². The van der Waals surface area contributed by atoms with Gasteiger partial charge in [-0.15, -0.1) is 0 Å². The largest absolute Gasteiger partial charge is 0.439 e. The first-order valence-corrected chi connectivity index (χ1v) is 11.1. The van der Waals surface area contributed by atoms with Crippen molar-refractivity contribution >= 4 is 27.3 Å². The second kappa shape index (κ2) is 7.45. The molecule has 3 aromatic carbocycles. The molecule has 0 saturated carbocycles. The summed E-state index contributed by atoms with van der Waals surface area (Å²) in [5.41, 5.74) is 4.32. The van der Waals surface area contributed by atoms with Gasteiger partial charge >= 0.3 is 0 Å². The molecule has 0 amide bonds. The highest BCUT2D eigenvalue weighted by Crippen LogP contribution is 2.37. The molecule has 6 aromatic rings. The lowest BCUT2D eigenvalue weighted by Crippen LogP contribution is -2.19. The van der Waals surface area contributed by atoms with Crippen molar-refractivity contribution < 1.29 is 4.74 Å². The van der Waals surface area contributed by atoms with Crippen molar-refractivity contribution in [1.29, 1.82) is 0 Å². The number of nitrogens with zero attached hydrogens (tertiary/aromatic N) is 3. The second-order valence-electron chi connectivity index (χ2n) is 8.82. The standard InChI is InChI=1S/C29H23N3O/c1-29(2,20-8-7-9-22(18-20)33-27-12-5-6-15-30-27)21-13-14-23-24-10-3-4-11-26(24)32-17-16-31-28(32)25(23)19-21/h3-19H,1-2H3. The summed E-state index contributed by atoms with van der Waals surface area (Å²) in [6, 6.07) is 29.2. The summed E-state index contributed by atoms with van der Waals surface area (Å²) in [6.45, 7) is 4.50. The summed E-state index contributed by atoms with van der Waals surface area (Å²) in [5.74, 6) is 1.37. The molecule has 3 heterocycles. The Labute approximate surface area is 192 Å². The Morgan fingerprint density at radius 3 is 2.42 bits per heavy atom. The summed E-state index contributed by atoms with van der Waals surface area (Å²) >= 11 is 0. The van der Waals surface area contributed by atoms with E-state index >= 15 is 0 Å². The van der Waals surface area contributed by atoms with Crippen LogP contribution in [-0.4, -0.2) is 14.4 Å². The topological polar surface area (TPSA) is 39.4 Å². The van der Waals surface area contributed by atoms with Crippen LogP contribution in [0.15, 0.2) is 104 Å². The van der Waals surface area contributed by atoms with Crippen LogP contribution in [0.5, 0.6) is 11.6 Å². The van der Waals surface area contributed by atoms with Crippen LogP contribution in [0.1, 0.15) is 25.0 Å². The van der Waals surface area contributed by atoms with Crippen LogP contribution in [0, 0.1) is 0 Å². The number of rotatable bonds is 4. The average Bonchev–Trinajstić information content (AvgIpc) is 3.35. The Kier molecular flexibility index (Phi) is 4.40. The summed E-state index contributed by atoms with van der Waals surface area (Å²) in [6.07, 6.45) is 5.64. The van der Waals surface area contributed by atoms with E-state index in [1.165, 1.54) is 27.4 Å². The number of hydrogen-bond donors (Lipinski definition) is 0. The number of benzene rings is 3. The average molecular weight is 430 g/mol. The number of aromatic nitrogens is 3.